The van der Waals surface area contributed by atoms with E-state index in [1.165, 1.54) is 0 Å². The number of aliphatic hydroxyl groups excluding tert-OH is 1. The Morgan fingerprint density at radius 1 is 1.80 bits per heavy atom. The van der Waals surface area contributed by atoms with Crippen LogP contribution in [0.1, 0.15) is 1.43 Å². The van der Waals surface area contributed by atoms with Crippen LogP contribution in [0.2, 0.25) is 0 Å². The maximum atomic E-state index is 6.88. The summed E-state index contributed by atoms with van der Waals surface area (Å²) in [4.78, 5) is 0. The SMILES string of the molecule is N#CO.[H-].[K+].[Ni]. The fraction of sp³-hybridized carbons (Fsp3) is 0. The van der Waals surface area contributed by atoms with Crippen LogP contribution in [0.15, 0.2) is 0 Å². The van der Waals surface area contributed by atoms with Gasteiger partial charge < -0.3 is 6.53 Å². The van der Waals surface area contributed by atoms with Crippen molar-refractivity contribution in [2.75, 3.05) is 0 Å². The minimum absolute atomic E-state index is 0. The number of nitriles is 1. The van der Waals surface area contributed by atoms with Gasteiger partial charge in [-0.05, 0) is 0 Å². The Morgan fingerprint density at radius 3 is 1.80 bits per heavy atom. The molecule has 0 radical (unpaired) electrons. The van der Waals surface area contributed by atoms with Gasteiger partial charge in [-0.2, -0.15) is 5.26 Å². The van der Waals surface area contributed by atoms with Crippen LogP contribution in [0.3, 0.4) is 0 Å². The maximum Gasteiger partial charge on any atom is 1.00 e. The fourth-order valence-electron chi connectivity index (χ4n) is 0. The summed E-state index contributed by atoms with van der Waals surface area (Å²) in [5.74, 6) is 0. The van der Waals surface area contributed by atoms with E-state index in [4.69, 9.17) is 10.4 Å². The molecule has 0 atom stereocenters. The molecular formula is CH2KNNiO. The van der Waals surface area contributed by atoms with Crippen LogP contribution in [-0.2, 0) is 16.5 Å². The molecule has 28 valence electrons. The molecule has 0 aliphatic rings. The maximum absolute atomic E-state index is 6.88. The number of rotatable bonds is 0. The van der Waals surface area contributed by atoms with Crippen molar-refractivity contribution < 1.29 is 74.4 Å². The standard InChI is InChI=1S/CHNO.K.Ni.H/c2-1-3;;;/h3H;;;/q;+1;;-1. The first-order valence-electron chi connectivity index (χ1n) is 0.447. The zero-order valence-electron chi connectivity index (χ0n) is 3.71. The first-order valence-corrected chi connectivity index (χ1v) is 0.447. The smallest absolute Gasteiger partial charge is 1.00 e. The van der Waals surface area contributed by atoms with Gasteiger partial charge in [-0.15, -0.1) is 0 Å². The summed E-state index contributed by atoms with van der Waals surface area (Å²) >= 11 is 0. The van der Waals surface area contributed by atoms with Crippen molar-refractivity contribution in [2.45, 2.75) is 0 Å². The number of nitrogens with zero attached hydrogens (tertiary/aromatic N) is 1. The van der Waals surface area contributed by atoms with E-state index in [0.29, 0.717) is 0 Å². The molecule has 0 spiro atoms. The molecule has 0 bridgehead atoms. The molecule has 0 heterocycles. The number of hydrogen-bond acceptors (Lipinski definition) is 2. The van der Waals surface area contributed by atoms with Crippen molar-refractivity contribution in [3.63, 3.8) is 0 Å². The van der Waals surface area contributed by atoms with Gasteiger partial charge in [0.05, 0.1) is 0 Å². The van der Waals surface area contributed by atoms with Gasteiger partial charge in [-0.3, -0.25) is 0 Å². The number of aliphatic hydroxyl groups is 1. The van der Waals surface area contributed by atoms with E-state index in [1.54, 1.807) is 0 Å². The number of hydrogen-bond donors (Lipinski definition) is 1. The zero-order chi connectivity index (χ0) is 2.71. The molecule has 0 amide bonds. The van der Waals surface area contributed by atoms with Crippen molar-refractivity contribution in [3.8, 4) is 6.26 Å². The fourth-order valence-corrected chi connectivity index (χ4v) is 0. The Bertz CT molecular complexity index is 37.0. The van der Waals surface area contributed by atoms with Gasteiger partial charge in [-0.1, -0.05) is 0 Å². The summed E-state index contributed by atoms with van der Waals surface area (Å²) in [5.41, 5.74) is 0. The quantitative estimate of drug-likeness (QED) is 0.288. The molecule has 0 saturated carbocycles. The van der Waals surface area contributed by atoms with Crippen molar-refractivity contribution in [2.24, 2.45) is 0 Å². The Hall–Kier alpha value is 1.42. The second-order valence-corrected chi connectivity index (χ2v) is 0.100. The van der Waals surface area contributed by atoms with E-state index in [0.717, 1.165) is 6.26 Å². The van der Waals surface area contributed by atoms with Gasteiger partial charge >= 0.3 is 51.4 Å². The average Bonchev–Trinajstić information content (AvgIpc) is 0.918. The zero-order valence-corrected chi connectivity index (χ0v) is 6.82. The molecule has 0 fully saturated rings. The van der Waals surface area contributed by atoms with Crippen LogP contribution in [0.4, 0.5) is 0 Å². The molecule has 4 heteroatoms. The molecule has 0 unspecified atom stereocenters. The van der Waals surface area contributed by atoms with E-state index < -0.39 is 0 Å². The van der Waals surface area contributed by atoms with Gasteiger partial charge in [0, 0.05) is 16.5 Å². The summed E-state index contributed by atoms with van der Waals surface area (Å²) in [5, 5.41) is 13.8. The van der Waals surface area contributed by atoms with Gasteiger partial charge in [0.2, 0.25) is 0 Å². The van der Waals surface area contributed by atoms with Crippen molar-refractivity contribution in [1.82, 2.24) is 0 Å². The topological polar surface area (TPSA) is 44.0 Å². The van der Waals surface area contributed by atoms with Crippen molar-refractivity contribution >= 4 is 0 Å². The first-order chi connectivity index (χ1) is 1.41. The van der Waals surface area contributed by atoms with Gasteiger partial charge in [-0.25, -0.2) is 0 Å². The molecule has 5 heavy (non-hydrogen) atoms. The largest absolute Gasteiger partial charge is 1.00 e. The van der Waals surface area contributed by atoms with Gasteiger partial charge in [0.15, 0.2) is 0 Å². The van der Waals surface area contributed by atoms with Crippen LogP contribution in [0.5, 0.6) is 0 Å². The first kappa shape index (κ1) is 16.1. The summed E-state index contributed by atoms with van der Waals surface area (Å²) in [7, 11) is 0. The van der Waals surface area contributed by atoms with E-state index in [1.807, 2.05) is 0 Å². The minimum atomic E-state index is 0. The Kier molecular flexibility index (Phi) is 58.3. The third-order valence-corrected chi connectivity index (χ3v) is 0. The molecule has 0 aromatic rings. The molecule has 0 aromatic carbocycles. The Labute approximate surface area is 84.4 Å². The van der Waals surface area contributed by atoms with Crippen LogP contribution in [0.25, 0.3) is 0 Å². The summed E-state index contributed by atoms with van der Waals surface area (Å²) < 4.78 is 0. The summed E-state index contributed by atoms with van der Waals surface area (Å²) in [6.45, 7) is 0. The molecule has 0 aliphatic carbocycles. The second-order valence-electron chi connectivity index (χ2n) is 0.100. The third-order valence-electron chi connectivity index (χ3n) is 0. The van der Waals surface area contributed by atoms with Crippen LogP contribution < -0.4 is 51.4 Å². The minimum Gasteiger partial charge on any atom is -1.00 e. The monoisotopic (exact) mass is 141 g/mol. The molecule has 0 rings (SSSR count). The molecule has 0 aromatic heterocycles. The van der Waals surface area contributed by atoms with Crippen LogP contribution in [-0.4, -0.2) is 5.11 Å². The molecule has 1 N–H and O–H groups in total. The van der Waals surface area contributed by atoms with Crippen LogP contribution >= 0.6 is 0 Å². The van der Waals surface area contributed by atoms with E-state index in [2.05, 4.69) is 0 Å². The Morgan fingerprint density at radius 2 is 1.80 bits per heavy atom. The van der Waals surface area contributed by atoms with Crippen molar-refractivity contribution in [3.05, 3.63) is 0 Å². The molecular weight excluding hydrogens is 140 g/mol. The van der Waals surface area contributed by atoms with Gasteiger partial charge in [0.25, 0.3) is 6.26 Å². The summed E-state index contributed by atoms with van der Waals surface area (Å²) in [6, 6.07) is 0. The normalized spacial score (nSPS) is 1.40. The predicted octanol–water partition coefficient (Wildman–Crippen LogP) is -3.05. The summed E-state index contributed by atoms with van der Waals surface area (Å²) in [6.07, 6.45) is 0.750. The molecule has 0 aliphatic heterocycles. The van der Waals surface area contributed by atoms with E-state index >= 15 is 0 Å². The second kappa shape index (κ2) is 18.1. The molecule has 2 nitrogen and oxygen atoms in total. The predicted molar refractivity (Wildman–Crippen MR) is 8.66 cm³/mol. The third kappa shape index (κ3) is 31.4. The van der Waals surface area contributed by atoms with Crippen molar-refractivity contribution in [1.29, 1.82) is 5.26 Å². The molecule has 0 saturated heterocycles. The van der Waals surface area contributed by atoms with Gasteiger partial charge in [0.1, 0.15) is 0 Å². The van der Waals surface area contributed by atoms with E-state index in [9.17, 15) is 0 Å². The van der Waals surface area contributed by atoms with Crippen LogP contribution in [0, 0.1) is 11.5 Å². The van der Waals surface area contributed by atoms with E-state index in [-0.39, 0.29) is 69.3 Å². The average molecular weight is 142 g/mol. The Balaban J connectivity index is -0.00000000667.